The number of hydrogen-bond acceptors (Lipinski definition) is 2. The number of allylic oxidation sites excluding steroid dienone is 1. The second-order valence-corrected chi connectivity index (χ2v) is 1.78. The Morgan fingerprint density at radius 1 is 1.89 bits per heavy atom. The predicted molar refractivity (Wildman–Crippen MR) is 36.8 cm³/mol. The van der Waals surface area contributed by atoms with E-state index >= 15 is 0 Å². The Morgan fingerprint density at radius 2 is 2.67 bits per heavy atom. The molecule has 0 aromatic carbocycles. The van der Waals surface area contributed by atoms with Crippen molar-refractivity contribution in [1.82, 2.24) is 9.78 Å². The van der Waals surface area contributed by atoms with Crippen molar-refractivity contribution in [3.63, 3.8) is 0 Å². The van der Waals surface area contributed by atoms with Crippen molar-refractivity contribution in [2.75, 3.05) is 5.73 Å². The molecule has 0 aliphatic heterocycles. The fourth-order valence-electron chi connectivity index (χ4n) is 0.612. The molecule has 0 saturated heterocycles. The van der Waals surface area contributed by atoms with Gasteiger partial charge in [-0.15, -0.1) is 6.58 Å². The van der Waals surface area contributed by atoms with Crippen molar-refractivity contribution >= 4 is 5.69 Å². The van der Waals surface area contributed by atoms with Gasteiger partial charge in [-0.25, -0.2) is 0 Å². The zero-order valence-electron chi connectivity index (χ0n) is 5.12. The molecule has 0 spiro atoms. The molecule has 0 bridgehead atoms. The van der Waals surface area contributed by atoms with Gasteiger partial charge in [0.2, 0.25) is 0 Å². The zero-order valence-corrected chi connectivity index (χ0v) is 5.12. The van der Waals surface area contributed by atoms with Crippen molar-refractivity contribution in [1.29, 1.82) is 0 Å². The molecule has 0 saturated carbocycles. The average molecular weight is 123 g/mol. The minimum Gasteiger partial charge on any atom is -0.396 e. The molecule has 3 heteroatoms. The molecule has 0 unspecified atom stereocenters. The first-order valence-corrected chi connectivity index (χ1v) is 2.72. The van der Waals surface area contributed by atoms with Gasteiger partial charge in [0.15, 0.2) is 0 Å². The van der Waals surface area contributed by atoms with Crippen LogP contribution in [0.2, 0.25) is 0 Å². The molecular formula is C6H9N3. The highest BCUT2D eigenvalue weighted by Gasteiger charge is 1.87. The van der Waals surface area contributed by atoms with E-state index in [2.05, 4.69) is 11.7 Å². The van der Waals surface area contributed by atoms with E-state index in [1.165, 1.54) is 0 Å². The van der Waals surface area contributed by atoms with Crippen LogP contribution >= 0.6 is 0 Å². The normalized spacial score (nSPS) is 9.33. The van der Waals surface area contributed by atoms with Gasteiger partial charge in [-0.05, 0) is 0 Å². The van der Waals surface area contributed by atoms with E-state index in [1.807, 2.05) is 0 Å². The van der Waals surface area contributed by atoms with E-state index in [1.54, 1.807) is 23.2 Å². The van der Waals surface area contributed by atoms with Gasteiger partial charge in [0.05, 0.1) is 18.4 Å². The highest BCUT2D eigenvalue weighted by molar-refractivity contribution is 5.30. The molecule has 0 aliphatic carbocycles. The lowest BCUT2D eigenvalue weighted by Crippen LogP contribution is -1.93. The van der Waals surface area contributed by atoms with Crippen LogP contribution in [0.15, 0.2) is 25.0 Å². The third kappa shape index (κ3) is 1.32. The smallest absolute Gasteiger partial charge is 0.0719 e. The highest BCUT2D eigenvalue weighted by atomic mass is 15.3. The van der Waals surface area contributed by atoms with E-state index in [4.69, 9.17) is 5.73 Å². The van der Waals surface area contributed by atoms with Crippen LogP contribution in [-0.2, 0) is 6.54 Å². The van der Waals surface area contributed by atoms with Crippen LogP contribution in [0.4, 0.5) is 5.69 Å². The third-order valence-corrected chi connectivity index (χ3v) is 0.969. The summed E-state index contributed by atoms with van der Waals surface area (Å²) in [7, 11) is 0. The minimum absolute atomic E-state index is 0.692. The van der Waals surface area contributed by atoms with E-state index < -0.39 is 0 Å². The van der Waals surface area contributed by atoms with E-state index in [0.29, 0.717) is 5.69 Å². The zero-order chi connectivity index (χ0) is 6.69. The first-order chi connectivity index (χ1) is 4.33. The number of rotatable bonds is 2. The molecule has 0 aliphatic rings. The van der Waals surface area contributed by atoms with Crippen LogP contribution in [0.3, 0.4) is 0 Å². The van der Waals surface area contributed by atoms with Crippen molar-refractivity contribution in [3.8, 4) is 0 Å². The molecule has 0 amide bonds. The molecule has 9 heavy (non-hydrogen) atoms. The van der Waals surface area contributed by atoms with Gasteiger partial charge in [0.25, 0.3) is 0 Å². The van der Waals surface area contributed by atoms with E-state index in [-0.39, 0.29) is 0 Å². The molecule has 2 N–H and O–H groups in total. The summed E-state index contributed by atoms with van der Waals surface area (Å²) < 4.78 is 1.72. The first kappa shape index (κ1) is 5.88. The molecule has 0 fully saturated rings. The Hall–Kier alpha value is -1.25. The van der Waals surface area contributed by atoms with Gasteiger partial charge in [-0.1, -0.05) is 6.08 Å². The fraction of sp³-hybridized carbons (Fsp3) is 0.167. The molecule has 1 aromatic rings. The number of anilines is 1. The second-order valence-electron chi connectivity index (χ2n) is 1.78. The van der Waals surface area contributed by atoms with Crippen LogP contribution in [0.25, 0.3) is 0 Å². The summed E-state index contributed by atoms with van der Waals surface area (Å²) in [4.78, 5) is 0. The maximum atomic E-state index is 5.39. The lowest BCUT2D eigenvalue weighted by molar-refractivity contribution is 0.703. The number of nitrogens with two attached hydrogens (primary N) is 1. The first-order valence-electron chi connectivity index (χ1n) is 2.72. The Balaban J connectivity index is 2.72. The third-order valence-electron chi connectivity index (χ3n) is 0.969. The van der Waals surface area contributed by atoms with Gasteiger partial charge >= 0.3 is 0 Å². The largest absolute Gasteiger partial charge is 0.396 e. The maximum Gasteiger partial charge on any atom is 0.0719 e. The van der Waals surface area contributed by atoms with Crippen molar-refractivity contribution in [3.05, 3.63) is 25.0 Å². The van der Waals surface area contributed by atoms with E-state index in [0.717, 1.165) is 6.54 Å². The van der Waals surface area contributed by atoms with Gasteiger partial charge in [-0.3, -0.25) is 4.68 Å². The number of nitrogen functional groups attached to an aromatic ring is 1. The molecule has 48 valence electrons. The molecule has 3 nitrogen and oxygen atoms in total. The average Bonchev–Trinajstić information content (AvgIpc) is 2.17. The van der Waals surface area contributed by atoms with Gasteiger partial charge in [0.1, 0.15) is 0 Å². The molecular weight excluding hydrogens is 114 g/mol. The molecule has 1 rings (SSSR count). The number of hydrogen-bond donors (Lipinski definition) is 1. The summed E-state index contributed by atoms with van der Waals surface area (Å²) in [5.41, 5.74) is 6.08. The Kier molecular flexibility index (Phi) is 1.53. The summed E-state index contributed by atoms with van der Waals surface area (Å²) in [5.74, 6) is 0. The molecule has 0 radical (unpaired) electrons. The summed E-state index contributed by atoms with van der Waals surface area (Å²) >= 11 is 0. The Labute approximate surface area is 53.8 Å². The van der Waals surface area contributed by atoms with Crippen LogP contribution in [-0.4, -0.2) is 9.78 Å². The highest BCUT2D eigenvalue weighted by Crippen LogP contribution is 1.96. The van der Waals surface area contributed by atoms with Gasteiger partial charge < -0.3 is 5.73 Å². The maximum absolute atomic E-state index is 5.39. The van der Waals surface area contributed by atoms with E-state index in [9.17, 15) is 0 Å². The van der Waals surface area contributed by atoms with Crippen LogP contribution in [0.5, 0.6) is 0 Å². The summed E-state index contributed by atoms with van der Waals surface area (Å²) in [6.45, 7) is 4.28. The summed E-state index contributed by atoms with van der Waals surface area (Å²) in [5, 5.41) is 3.93. The lowest BCUT2D eigenvalue weighted by atomic mass is 10.6. The Morgan fingerprint density at radius 3 is 3.11 bits per heavy atom. The van der Waals surface area contributed by atoms with Crippen LogP contribution < -0.4 is 5.73 Å². The van der Waals surface area contributed by atoms with Crippen molar-refractivity contribution in [2.24, 2.45) is 0 Å². The second kappa shape index (κ2) is 2.35. The topological polar surface area (TPSA) is 43.8 Å². The molecule has 1 aromatic heterocycles. The number of nitrogens with zero attached hydrogens (tertiary/aromatic N) is 2. The lowest BCUT2D eigenvalue weighted by Gasteiger charge is -1.89. The fourth-order valence-corrected chi connectivity index (χ4v) is 0.612. The van der Waals surface area contributed by atoms with Crippen LogP contribution in [0, 0.1) is 0 Å². The Bertz CT molecular complexity index is 202. The van der Waals surface area contributed by atoms with Gasteiger partial charge in [-0.2, -0.15) is 5.10 Å². The molecule has 1 heterocycles. The summed E-state index contributed by atoms with van der Waals surface area (Å²) in [6.07, 6.45) is 5.15. The SMILES string of the molecule is C=CCn1cc(N)cn1. The standard InChI is InChI=1S/C6H9N3/c1-2-3-9-5-6(7)4-8-9/h2,4-5H,1,3,7H2. The molecule has 0 atom stereocenters. The van der Waals surface area contributed by atoms with Crippen molar-refractivity contribution < 1.29 is 0 Å². The van der Waals surface area contributed by atoms with Crippen LogP contribution in [0.1, 0.15) is 0 Å². The monoisotopic (exact) mass is 123 g/mol. The van der Waals surface area contributed by atoms with Gasteiger partial charge in [0, 0.05) is 6.20 Å². The van der Waals surface area contributed by atoms with Crippen molar-refractivity contribution in [2.45, 2.75) is 6.54 Å². The number of aromatic nitrogens is 2. The quantitative estimate of drug-likeness (QED) is 0.587. The minimum atomic E-state index is 0.692. The predicted octanol–water partition coefficient (Wildman–Crippen LogP) is 0.651. The summed E-state index contributed by atoms with van der Waals surface area (Å²) in [6, 6.07) is 0.